The lowest BCUT2D eigenvalue weighted by Crippen LogP contribution is -2.10. The maximum atomic E-state index is 5.62. The third kappa shape index (κ3) is 3.03. The molecule has 0 bridgehead atoms. The van der Waals surface area contributed by atoms with Crippen LogP contribution in [0.1, 0.15) is 18.2 Å². The minimum Gasteiger partial charge on any atom is -0.384 e. The molecule has 0 amide bonds. The van der Waals surface area contributed by atoms with Crippen molar-refractivity contribution >= 4 is 5.82 Å². The number of ether oxygens (including phenoxy) is 1. The maximum Gasteiger partial charge on any atom is 0.123 e. The zero-order valence-electron chi connectivity index (χ0n) is 8.37. The van der Waals surface area contributed by atoms with Gasteiger partial charge in [-0.15, -0.1) is 0 Å². The minimum absolute atomic E-state index is 0.189. The van der Waals surface area contributed by atoms with E-state index in [-0.39, 0.29) is 6.10 Å². The van der Waals surface area contributed by atoms with E-state index in [1.807, 2.05) is 26.0 Å². The Morgan fingerprint density at radius 1 is 1.54 bits per heavy atom. The molecule has 1 atom stereocenters. The molecule has 1 heterocycles. The third-order valence-electron chi connectivity index (χ3n) is 1.94. The highest BCUT2D eigenvalue weighted by Crippen LogP contribution is 2.09. The normalized spacial score (nSPS) is 12.8. The molecule has 3 heteroatoms. The number of methoxy groups -OCH3 is 1. The SMILES string of the molecule is COC(C)Cc1cc(C)cc(N)n1. The largest absolute Gasteiger partial charge is 0.384 e. The van der Waals surface area contributed by atoms with Crippen LogP contribution in [0.2, 0.25) is 0 Å². The predicted octanol–water partition coefficient (Wildman–Crippen LogP) is 1.55. The van der Waals surface area contributed by atoms with Gasteiger partial charge in [-0.3, -0.25) is 0 Å². The van der Waals surface area contributed by atoms with Crippen molar-refractivity contribution in [1.82, 2.24) is 4.98 Å². The Morgan fingerprint density at radius 2 is 2.23 bits per heavy atom. The van der Waals surface area contributed by atoms with Gasteiger partial charge in [-0.1, -0.05) is 0 Å². The highest BCUT2D eigenvalue weighted by Gasteiger charge is 2.03. The smallest absolute Gasteiger partial charge is 0.123 e. The van der Waals surface area contributed by atoms with E-state index in [0.717, 1.165) is 17.7 Å². The fourth-order valence-electron chi connectivity index (χ4n) is 1.25. The molecular weight excluding hydrogens is 164 g/mol. The zero-order valence-corrected chi connectivity index (χ0v) is 8.37. The van der Waals surface area contributed by atoms with Gasteiger partial charge >= 0.3 is 0 Å². The number of nitrogen functional groups attached to an aromatic ring is 1. The van der Waals surface area contributed by atoms with Crippen LogP contribution in [0, 0.1) is 6.92 Å². The number of hydrogen-bond donors (Lipinski definition) is 1. The first-order chi connectivity index (χ1) is 6.11. The fraction of sp³-hybridized carbons (Fsp3) is 0.500. The molecule has 1 aromatic rings. The van der Waals surface area contributed by atoms with E-state index >= 15 is 0 Å². The average molecular weight is 180 g/mol. The Balaban J connectivity index is 2.77. The molecule has 2 N–H and O–H groups in total. The standard InChI is InChI=1S/C10H16N2O/c1-7-4-9(6-8(2)13-3)12-10(11)5-7/h4-5,8H,6H2,1-3H3,(H2,11,12). The lowest BCUT2D eigenvalue weighted by Gasteiger charge is -2.09. The lowest BCUT2D eigenvalue weighted by molar-refractivity contribution is 0.118. The number of hydrogen-bond acceptors (Lipinski definition) is 3. The average Bonchev–Trinajstić information content (AvgIpc) is 2.02. The van der Waals surface area contributed by atoms with E-state index in [1.54, 1.807) is 7.11 Å². The molecule has 0 fully saturated rings. The second-order valence-corrected chi connectivity index (χ2v) is 3.31. The molecule has 72 valence electrons. The number of rotatable bonds is 3. The van der Waals surface area contributed by atoms with Crippen molar-refractivity contribution in [2.24, 2.45) is 0 Å². The molecule has 13 heavy (non-hydrogen) atoms. The van der Waals surface area contributed by atoms with Gasteiger partial charge in [-0.25, -0.2) is 4.98 Å². The van der Waals surface area contributed by atoms with E-state index in [9.17, 15) is 0 Å². The van der Waals surface area contributed by atoms with E-state index in [1.165, 1.54) is 0 Å². The lowest BCUT2D eigenvalue weighted by atomic mass is 10.1. The summed E-state index contributed by atoms with van der Waals surface area (Å²) in [5.41, 5.74) is 7.76. The van der Waals surface area contributed by atoms with Gasteiger partial charge in [0, 0.05) is 19.2 Å². The number of aryl methyl sites for hydroxylation is 1. The topological polar surface area (TPSA) is 48.1 Å². The molecule has 3 nitrogen and oxygen atoms in total. The van der Waals surface area contributed by atoms with Crippen LogP contribution in [0.5, 0.6) is 0 Å². The Kier molecular flexibility index (Phi) is 3.25. The highest BCUT2D eigenvalue weighted by atomic mass is 16.5. The van der Waals surface area contributed by atoms with E-state index < -0.39 is 0 Å². The van der Waals surface area contributed by atoms with Crippen molar-refractivity contribution in [2.45, 2.75) is 26.4 Å². The van der Waals surface area contributed by atoms with Crippen molar-refractivity contribution < 1.29 is 4.74 Å². The second kappa shape index (κ2) is 4.23. The predicted molar refractivity (Wildman–Crippen MR) is 53.6 cm³/mol. The van der Waals surface area contributed by atoms with Gasteiger partial charge in [-0.05, 0) is 31.5 Å². The first kappa shape index (κ1) is 9.99. The molecule has 0 radical (unpaired) electrons. The van der Waals surface area contributed by atoms with E-state index in [2.05, 4.69) is 4.98 Å². The monoisotopic (exact) mass is 180 g/mol. The Hall–Kier alpha value is -1.09. The molecule has 0 aliphatic carbocycles. The molecule has 1 aromatic heterocycles. The zero-order chi connectivity index (χ0) is 9.84. The second-order valence-electron chi connectivity index (χ2n) is 3.31. The summed E-state index contributed by atoms with van der Waals surface area (Å²) in [6.07, 6.45) is 0.997. The van der Waals surface area contributed by atoms with Crippen molar-refractivity contribution in [1.29, 1.82) is 0 Å². The molecule has 0 spiro atoms. The van der Waals surface area contributed by atoms with Crippen molar-refractivity contribution in [3.8, 4) is 0 Å². The third-order valence-corrected chi connectivity index (χ3v) is 1.94. The van der Waals surface area contributed by atoms with E-state index in [0.29, 0.717) is 5.82 Å². The summed E-state index contributed by atoms with van der Waals surface area (Å²) in [5, 5.41) is 0. The van der Waals surface area contributed by atoms with Gasteiger partial charge in [0.1, 0.15) is 5.82 Å². The number of nitrogens with two attached hydrogens (primary N) is 1. The summed E-state index contributed by atoms with van der Waals surface area (Å²) in [6.45, 7) is 4.03. The summed E-state index contributed by atoms with van der Waals surface area (Å²) in [4.78, 5) is 4.22. The van der Waals surface area contributed by atoms with Crippen molar-refractivity contribution in [3.63, 3.8) is 0 Å². The van der Waals surface area contributed by atoms with Gasteiger partial charge < -0.3 is 10.5 Å². The molecule has 0 aliphatic rings. The van der Waals surface area contributed by atoms with Crippen LogP contribution < -0.4 is 5.73 Å². The van der Waals surface area contributed by atoms with Crippen LogP contribution >= 0.6 is 0 Å². The Morgan fingerprint density at radius 3 is 2.77 bits per heavy atom. The summed E-state index contributed by atoms with van der Waals surface area (Å²) in [6, 6.07) is 3.90. The summed E-state index contributed by atoms with van der Waals surface area (Å²) < 4.78 is 5.15. The Bertz CT molecular complexity index is 266. The van der Waals surface area contributed by atoms with Gasteiger partial charge in [0.05, 0.1) is 6.10 Å². The quantitative estimate of drug-likeness (QED) is 0.767. The molecule has 0 saturated heterocycles. The van der Waals surface area contributed by atoms with Gasteiger partial charge in [0.2, 0.25) is 0 Å². The summed E-state index contributed by atoms with van der Waals surface area (Å²) in [5.74, 6) is 0.582. The summed E-state index contributed by atoms with van der Waals surface area (Å²) >= 11 is 0. The van der Waals surface area contributed by atoms with E-state index in [4.69, 9.17) is 10.5 Å². The maximum absolute atomic E-state index is 5.62. The number of nitrogens with zero attached hydrogens (tertiary/aromatic N) is 1. The van der Waals surface area contributed by atoms with Crippen molar-refractivity contribution in [2.75, 3.05) is 12.8 Å². The molecule has 0 aliphatic heterocycles. The van der Waals surface area contributed by atoms with Crippen molar-refractivity contribution in [3.05, 3.63) is 23.4 Å². The van der Waals surface area contributed by atoms with Crippen LogP contribution in [0.25, 0.3) is 0 Å². The molecule has 1 unspecified atom stereocenters. The molecular formula is C10H16N2O. The first-order valence-corrected chi connectivity index (χ1v) is 4.37. The fourth-order valence-corrected chi connectivity index (χ4v) is 1.25. The number of anilines is 1. The van der Waals surface area contributed by atoms with Crippen LogP contribution in [0.3, 0.4) is 0 Å². The van der Waals surface area contributed by atoms with Crippen LogP contribution in [-0.2, 0) is 11.2 Å². The molecule has 0 aromatic carbocycles. The van der Waals surface area contributed by atoms with Gasteiger partial charge in [-0.2, -0.15) is 0 Å². The van der Waals surface area contributed by atoms with Crippen LogP contribution in [0.4, 0.5) is 5.82 Å². The van der Waals surface area contributed by atoms with Crippen LogP contribution in [0.15, 0.2) is 12.1 Å². The minimum atomic E-state index is 0.189. The molecule has 1 rings (SSSR count). The first-order valence-electron chi connectivity index (χ1n) is 4.37. The van der Waals surface area contributed by atoms with Crippen LogP contribution in [-0.4, -0.2) is 18.2 Å². The highest BCUT2D eigenvalue weighted by molar-refractivity contribution is 5.34. The summed E-state index contributed by atoms with van der Waals surface area (Å²) in [7, 11) is 1.70. The molecule has 0 saturated carbocycles. The number of pyridine rings is 1. The number of aromatic nitrogens is 1. The van der Waals surface area contributed by atoms with Gasteiger partial charge in [0.25, 0.3) is 0 Å². The van der Waals surface area contributed by atoms with Gasteiger partial charge in [0.15, 0.2) is 0 Å². The Labute approximate surface area is 78.9 Å².